The number of nitrogens with zero attached hydrogens (tertiary/aromatic N) is 1. The van der Waals surface area contributed by atoms with Gasteiger partial charge in [0.25, 0.3) is 11.8 Å². The number of carbonyl (C=O) groups excluding carboxylic acids is 2. The summed E-state index contributed by atoms with van der Waals surface area (Å²) in [5.74, 6) is 0.0563. The minimum atomic E-state index is -0.367. The van der Waals surface area contributed by atoms with Crippen LogP contribution in [0.4, 0.5) is 11.4 Å². The topological polar surface area (TPSA) is 58.6 Å². The second-order valence-corrected chi connectivity index (χ2v) is 7.04. The van der Waals surface area contributed by atoms with Crippen molar-refractivity contribution in [3.05, 3.63) is 82.7 Å². The molecule has 0 saturated heterocycles. The van der Waals surface area contributed by atoms with E-state index in [4.69, 9.17) is 4.74 Å². The maximum Gasteiger partial charge on any atom is 0.282 e. The number of ether oxygens (including phenoxy) is 1. The van der Waals surface area contributed by atoms with Gasteiger partial charge in [0, 0.05) is 10.6 Å². The fourth-order valence-corrected chi connectivity index (χ4v) is 3.82. The third kappa shape index (κ3) is 3.30. The molecule has 1 aromatic heterocycles. The third-order valence-corrected chi connectivity index (χ3v) is 5.19. The summed E-state index contributed by atoms with van der Waals surface area (Å²) in [6, 6.07) is 20.0. The van der Waals surface area contributed by atoms with Crippen LogP contribution in [0.3, 0.4) is 0 Å². The lowest BCUT2D eigenvalue weighted by Crippen LogP contribution is -2.32. The van der Waals surface area contributed by atoms with Crippen molar-refractivity contribution < 1.29 is 14.3 Å². The summed E-state index contributed by atoms with van der Waals surface area (Å²) in [5.41, 5.74) is 1.93. The molecule has 0 saturated carbocycles. The zero-order valence-corrected chi connectivity index (χ0v) is 16.0. The van der Waals surface area contributed by atoms with Gasteiger partial charge in [0.1, 0.15) is 11.4 Å². The van der Waals surface area contributed by atoms with E-state index >= 15 is 0 Å². The van der Waals surface area contributed by atoms with Gasteiger partial charge in [-0.25, -0.2) is 4.90 Å². The fourth-order valence-electron chi connectivity index (χ4n) is 3.05. The van der Waals surface area contributed by atoms with Gasteiger partial charge in [-0.3, -0.25) is 9.59 Å². The number of hydrogen-bond donors (Lipinski definition) is 1. The Morgan fingerprint density at radius 3 is 2.32 bits per heavy atom. The first-order chi connectivity index (χ1) is 13.7. The molecule has 0 aliphatic carbocycles. The zero-order valence-electron chi connectivity index (χ0n) is 15.2. The molecule has 1 aliphatic rings. The number of nitrogens with one attached hydrogen (secondary N) is 1. The molecule has 2 heterocycles. The van der Waals surface area contributed by atoms with Crippen LogP contribution in [0.1, 0.15) is 11.8 Å². The number of imide groups is 1. The standard InChI is InChI=1S/C22H18N2O3S/c1-2-27-17-12-10-15(11-13-17)23-20-19(18-9-6-14-28-18)21(25)24(22(20)26)16-7-4-3-5-8-16/h3-14,23H,2H2,1H3. The Balaban J connectivity index is 1.72. The van der Waals surface area contributed by atoms with E-state index in [1.807, 2.05) is 54.8 Å². The maximum absolute atomic E-state index is 13.2. The molecular weight excluding hydrogens is 372 g/mol. The Hall–Kier alpha value is -3.38. The lowest BCUT2D eigenvalue weighted by molar-refractivity contribution is -0.120. The Morgan fingerprint density at radius 1 is 0.929 bits per heavy atom. The minimum absolute atomic E-state index is 0.278. The molecule has 0 bridgehead atoms. The van der Waals surface area contributed by atoms with E-state index < -0.39 is 0 Å². The van der Waals surface area contributed by atoms with Crippen molar-refractivity contribution in [1.29, 1.82) is 0 Å². The van der Waals surface area contributed by atoms with Crippen LogP contribution < -0.4 is 15.0 Å². The molecule has 3 aromatic rings. The molecule has 4 rings (SSSR count). The molecule has 0 fully saturated rings. The summed E-state index contributed by atoms with van der Waals surface area (Å²) in [6.07, 6.45) is 0. The van der Waals surface area contributed by atoms with Crippen molar-refractivity contribution in [1.82, 2.24) is 0 Å². The molecule has 1 N–H and O–H groups in total. The van der Waals surface area contributed by atoms with Gasteiger partial charge in [-0.05, 0) is 54.8 Å². The van der Waals surface area contributed by atoms with E-state index in [0.717, 1.165) is 10.6 Å². The number of para-hydroxylation sites is 1. The van der Waals surface area contributed by atoms with Crippen molar-refractivity contribution in [3.8, 4) is 5.75 Å². The average Bonchev–Trinajstić information content (AvgIpc) is 3.31. The van der Waals surface area contributed by atoms with Crippen LogP contribution in [0.2, 0.25) is 0 Å². The first kappa shape index (κ1) is 18.0. The van der Waals surface area contributed by atoms with E-state index in [1.54, 1.807) is 24.3 Å². The number of amides is 2. The van der Waals surface area contributed by atoms with E-state index in [2.05, 4.69) is 5.32 Å². The molecule has 6 heteroatoms. The number of thiophene rings is 1. The summed E-state index contributed by atoms with van der Waals surface area (Å²) in [7, 11) is 0. The van der Waals surface area contributed by atoms with Crippen molar-refractivity contribution >= 4 is 40.1 Å². The van der Waals surface area contributed by atoms with Crippen LogP contribution in [0.15, 0.2) is 77.8 Å². The van der Waals surface area contributed by atoms with Crippen molar-refractivity contribution in [2.45, 2.75) is 6.92 Å². The van der Waals surface area contributed by atoms with E-state index in [1.165, 1.54) is 16.2 Å². The molecule has 0 unspecified atom stereocenters. The molecule has 140 valence electrons. The van der Waals surface area contributed by atoms with Gasteiger partial charge in [0.15, 0.2) is 0 Å². The number of carbonyl (C=O) groups is 2. The van der Waals surface area contributed by atoms with Gasteiger partial charge in [-0.2, -0.15) is 0 Å². The van der Waals surface area contributed by atoms with Gasteiger partial charge in [-0.15, -0.1) is 11.3 Å². The number of hydrogen-bond acceptors (Lipinski definition) is 5. The second-order valence-electron chi connectivity index (χ2n) is 6.09. The quantitative estimate of drug-likeness (QED) is 0.628. The van der Waals surface area contributed by atoms with Crippen LogP contribution >= 0.6 is 11.3 Å². The first-order valence-electron chi connectivity index (χ1n) is 8.91. The lowest BCUT2D eigenvalue weighted by Gasteiger charge is -2.15. The Labute approximate surface area is 166 Å². The van der Waals surface area contributed by atoms with E-state index in [-0.39, 0.29) is 17.5 Å². The number of anilines is 2. The number of rotatable bonds is 6. The van der Waals surface area contributed by atoms with Crippen molar-refractivity contribution in [2.24, 2.45) is 0 Å². The highest BCUT2D eigenvalue weighted by Crippen LogP contribution is 2.35. The molecule has 0 radical (unpaired) electrons. The van der Waals surface area contributed by atoms with Gasteiger partial charge in [0.2, 0.25) is 0 Å². The molecular formula is C22H18N2O3S. The SMILES string of the molecule is CCOc1ccc(NC2=C(c3cccs3)C(=O)N(c3ccccc3)C2=O)cc1. The minimum Gasteiger partial charge on any atom is -0.494 e. The zero-order chi connectivity index (χ0) is 19.5. The fraction of sp³-hybridized carbons (Fsp3) is 0.0909. The van der Waals surface area contributed by atoms with Crippen molar-refractivity contribution in [2.75, 3.05) is 16.8 Å². The Kier molecular flexibility index (Phi) is 4.95. The molecule has 5 nitrogen and oxygen atoms in total. The highest BCUT2D eigenvalue weighted by Gasteiger charge is 2.40. The summed E-state index contributed by atoms with van der Waals surface area (Å²) in [6.45, 7) is 2.50. The van der Waals surface area contributed by atoms with Gasteiger partial charge in [-0.1, -0.05) is 24.3 Å². The van der Waals surface area contributed by atoms with Gasteiger partial charge >= 0.3 is 0 Å². The second kappa shape index (κ2) is 7.70. The largest absolute Gasteiger partial charge is 0.494 e. The smallest absolute Gasteiger partial charge is 0.282 e. The average molecular weight is 390 g/mol. The lowest BCUT2D eigenvalue weighted by atomic mass is 10.2. The van der Waals surface area contributed by atoms with Crippen LogP contribution in [0.5, 0.6) is 5.75 Å². The van der Waals surface area contributed by atoms with Crippen LogP contribution in [0, 0.1) is 0 Å². The predicted octanol–water partition coefficient (Wildman–Crippen LogP) is 4.54. The molecule has 0 spiro atoms. The monoisotopic (exact) mass is 390 g/mol. The highest BCUT2D eigenvalue weighted by molar-refractivity contribution is 7.11. The summed E-state index contributed by atoms with van der Waals surface area (Å²) < 4.78 is 5.46. The molecule has 1 aliphatic heterocycles. The van der Waals surface area contributed by atoms with Gasteiger partial charge in [0.05, 0.1) is 17.9 Å². The Bertz CT molecular complexity index is 1030. The predicted molar refractivity (Wildman–Crippen MR) is 111 cm³/mol. The summed E-state index contributed by atoms with van der Waals surface area (Å²) in [5, 5.41) is 5.04. The van der Waals surface area contributed by atoms with Crippen LogP contribution in [-0.4, -0.2) is 18.4 Å². The third-order valence-electron chi connectivity index (χ3n) is 4.30. The van der Waals surface area contributed by atoms with E-state index in [9.17, 15) is 9.59 Å². The van der Waals surface area contributed by atoms with E-state index in [0.29, 0.717) is 23.6 Å². The summed E-state index contributed by atoms with van der Waals surface area (Å²) >= 11 is 1.43. The molecule has 2 aromatic carbocycles. The molecule has 0 atom stereocenters. The molecule has 2 amide bonds. The maximum atomic E-state index is 13.2. The van der Waals surface area contributed by atoms with Crippen molar-refractivity contribution in [3.63, 3.8) is 0 Å². The highest BCUT2D eigenvalue weighted by atomic mass is 32.1. The van der Waals surface area contributed by atoms with Crippen LogP contribution in [0.25, 0.3) is 5.57 Å². The summed E-state index contributed by atoms with van der Waals surface area (Å²) in [4.78, 5) is 28.3. The molecule has 28 heavy (non-hydrogen) atoms. The van der Waals surface area contributed by atoms with Gasteiger partial charge < -0.3 is 10.1 Å². The first-order valence-corrected chi connectivity index (χ1v) is 9.79. The van der Waals surface area contributed by atoms with Crippen LogP contribution in [-0.2, 0) is 9.59 Å². The number of benzene rings is 2. The Morgan fingerprint density at radius 2 is 1.68 bits per heavy atom. The normalized spacial score (nSPS) is 14.0.